The van der Waals surface area contributed by atoms with Gasteiger partial charge in [-0.25, -0.2) is 0 Å². The van der Waals surface area contributed by atoms with Gasteiger partial charge in [-0.15, -0.1) is 0 Å². The summed E-state index contributed by atoms with van der Waals surface area (Å²) in [6.07, 6.45) is 1.45. The molecule has 1 aliphatic heterocycles. The van der Waals surface area contributed by atoms with Crippen molar-refractivity contribution in [2.45, 2.75) is 39.5 Å². The molecule has 5 nitrogen and oxygen atoms in total. The molecule has 0 radical (unpaired) electrons. The summed E-state index contributed by atoms with van der Waals surface area (Å²) < 4.78 is 5.24. The van der Waals surface area contributed by atoms with Gasteiger partial charge in [0.05, 0.1) is 6.54 Å². The number of hydrogen-bond acceptors (Lipinski definition) is 3. The third-order valence-corrected chi connectivity index (χ3v) is 4.21. The van der Waals surface area contributed by atoms with Gasteiger partial charge in [0.1, 0.15) is 0 Å². The summed E-state index contributed by atoms with van der Waals surface area (Å²) in [7, 11) is 0. The topological polar surface area (TPSA) is 67.4 Å². The number of amides is 2. The molecule has 0 aliphatic carbocycles. The number of aryl methyl sites for hydroxylation is 1. The van der Waals surface area contributed by atoms with Crippen LogP contribution in [-0.2, 0) is 14.3 Å². The van der Waals surface area contributed by atoms with Gasteiger partial charge in [-0.3, -0.25) is 9.59 Å². The smallest absolute Gasteiger partial charge is 0.243 e. The summed E-state index contributed by atoms with van der Waals surface area (Å²) in [6.45, 7) is 7.40. The summed E-state index contributed by atoms with van der Waals surface area (Å²) >= 11 is 0. The highest BCUT2D eigenvalue weighted by Gasteiger charge is 2.22. The first-order valence-corrected chi connectivity index (χ1v) is 8.24. The van der Waals surface area contributed by atoms with Crippen LogP contribution >= 0.6 is 0 Å². The summed E-state index contributed by atoms with van der Waals surface area (Å²) in [5, 5.41) is 5.67. The monoisotopic (exact) mass is 318 g/mol. The second-order valence-electron chi connectivity index (χ2n) is 6.35. The lowest BCUT2D eigenvalue weighted by Crippen LogP contribution is -2.38. The second kappa shape index (κ2) is 8.11. The number of ether oxygens (including phenoxy) is 1. The Bertz CT molecular complexity index is 563. The first kappa shape index (κ1) is 17.5. The van der Waals surface area contributed by atoms with Crippen LogP contribution in [0.3, 0.4) is 0 Å². The molecule has 0 unspecified atom stereocenters. The Balaban J connectivity index is 1.91. The fourth-order valence-electron chi connectivity index (χ4n) is 2.80. The molecule has 1 aromatic rings. The molecule has 2 amide bonds. The number of para-hydroxylation sites is 1. The highest BCUT2D eigenvalue weighted by atomic mass is 16.5. The van der Waals surface area contributed by atoms with Crippen molar-refractivity contribution in [3.05, 3.63) is 29.3 Å². The summed E-state index contributed by atoms with van der Waals surface area (Å²) in [5.41, 5.74) is 2.99. The van der Waals surface area contributed by atoms with Crippen molar-refractivity contribution >= 4 is 17.5 Å². The molecule has 1 saturated heterocycles. The Morgan fingerprint density at radius 2 is 1.96 bits per heavy atom. The molecule has 1 aromatic carbocycles. The van der Waals surface area contributed by atoms with E-state index >= 15 is 0 Å². The van der Waals surface area contributed by atoms with Gasteiger partial charge in [0.2, 0.25) is 11.8 Å². The van der Waals surface area contributed by atoms with Gasteiger partial charge >= 0.3 is 0 Å². The molecule has 1 heterocycles. The van der Waals surface area contributed by atoms with E-state index in [0.29, 0.717) is 19.1 Å². The molecule has 5 heteroatoms. The van der Waals surface area contributed by atoms with E-state index < -0.39 is 0 Å². The zero-order valence-electron chi connectivity index (χ0n) is 14.1. The zero-order valence-corrected chi connectivity index (χ0v) is 14.1. The summed E-state index contributed by atoms with van der Waals surface area (Å²) in [6, 6.07) is 5.99. The average Bonchev–Trinajstić information content (AvgIpc) is 2.55. The van der Waals surface area contributed by atoms with E-state index in [4.69, 9.17) is 4.74 Å². The molecule has 126 valence electrons. The van der Waals surface area contributed by atoms with Gasteiger partial charge in [0.15, 0.2) is 0 Å². The second-order valence-corrected chi connectivity index (χ2v) is 6.35. The SMILES string of the molecule is Cc1cccc(C(C)C)c1NC(=O)CNC(=O)C1CCOCC1. The van der Waals surface area contributed by atoms with Crippen LogP contribution in [0.1, 0.15) is 43.7 Å². The van der Waals surface area contributed by atoms with E-state index in [1.807, 2.05) is 25.1 Å². The van der Waals surface area contributed by atoms with Crippen molar-refractivity contribution in [3.8, 4) is 0 Å². The largest absolute Gasteiger partial charge is 0.381 e. The highest BCUT2D eigenvalue weighted by molar-refractivity contribution is 5.96. The Morgan fingerprint density at radius 3 is 2.61 bits per heavy atom. The summed E-state index contributed by atoms with van der Waals surface area (Å²) in [5.74, 6) is 0.0298. The van der Waals surface area contributed by atoms with Crippen LogP contribution in [0.15, 0.2) is 18.2 Å². The van der Waals surface area contributed by atoms with Crippen molar-refractivity contribution in [1.82, 2.24) is 5.32 Å². The molecule has 23 heavy (non-hydrogen) atoms. The molecular formula is C18H26N2O3. The average molecular weight is 318 g/mol. The van der Waals surface area contributed by atoms with E-state index in [2.05, 4.69) is 24.5 Å². The normalized spacial score (nSPS) is 15.5. The number of nitrogens with one attached hydrogen (secondary N) is 2. The van der Waals surface area contributed by atoms with Crippen LogP contribution in [0.4, 0.5) is 5.69 Å². The van der Waals surface area contributed by atoms with E-state index in [0.717, 1.165) is 29.7 Å². The maximum Gasteiger partial charge on any atom is 0.243 e. The van der Waals surface area contributed by atoms with Crippen LogP contribution in [-0.4, -0.2) is 31.6 Å². The highest BCUT2D eigenvalue weighted by Crippen LogP contribution is 2.27. The number of rotatable bonds is 5. The van der Waals surface area contributed by atoms with E-state index in [-0.39, 0.29) is 24.3 Å². The van der Waals surface area contributed by atoms with E-state index in [1.54, 1.807) is 0 Å². The lowest BCUT2D eigenvalue weighted by molar-refractivity contribution is -0.129. The van der Waals surface area contributed by atoms with Gasteiger partial charge in [-0.1, -0.05) is 32.0 Å². The van der Waals surface area contributed by atoms with Gasteiger partial charge in [-0.2, -0.15) is 0 Å². The molecule has 2 N–H and O–H groups in total. The summed E-state index contributed by atoms with van der Waals surface area (Å²) in [4.78, 5) is 24.2. The first-order valence-electron chi connectivity index (χ1n) is 8.24. The third kappa shape index (κ3) is 4.79. The molecule has 0 bridgehead atoms. The van der Waals surface area contributed by atoms with Crippen molar-refractivity contribution in [3.63, 3.8) is 0 Å². The fourth-order valence-corrected chi connectivity index (χ4v) is 2.80. The molecule has 1 fully saturated rings. The van der Waals surface area contributed by atoms with E-state index in [9.17, 15) is 9.59 Å². The van der Waals surface area contributed by atoms with E-state index in [1.165, 1.54) is 0 Å². The van der Waals surface area contributed by atoms with Crippen molar-refractivity contribution in [2.24, 2.45) is 5.92 Å². The maximum atomic E-state index is 12.2. The van der Waals surface area contributed by atoms with Gasteiger partial charge in [0.25, 0.3) is 0 Å². The lowest BCUT2D eigenvalue weighted by Gasteiger charge is -2.21. The molecule has 0 spiro atoms. The molecule has 0 atom stereocenters. The van der Waals surface area contributed by atoms with Crippen molar-refractivity contribution in [1.29, 1.82) is 0 Å². The van der Waals surface area contributed by atoms with Crippen LogP contribution in [0.5, 0.6) is 0 Å². The van der Waals surface area contributed by atoms with Crippen LogP contribution in [0, 0.1) is 12.8 Å². The number of carbonyl (C=O) groups excluding carboxylic acids is 2. The Labute approximate surface area is 137 Å². The zero-order chi connectivity index (χ0) is 16.8. The quantitative estimate of drug-likeness (QED) is 0.877. The van der Waals surface area contributed by atoms with Crippen LogP contribution in [0.25, 0.3) is 0 Å². The van der Waals surface area contributed by atoms with Gasteiger partial charge < -0.3 is 15.4 Å². The first-order chi connectivity index (χ1) is 11.0. The van der Waals surface area contributed by atoms with Crippen molar-refractivity contribution < 1.29 is 14.3 Å². The number of anilines is 1. The predicted molar refractivity (Wildman–Crippen MR) is 90.5 cm³/mol. The number of hydrogen-bond donors (Lipinski definition) is 2. The van der Waals surface area contributed by atoms with Crippen molar-refractivity contribution in [2.75, 3.05) is 25.1 Å². The third-order valence-electron chi connectivity index (χ3n) is 4.21. The minimum atomic E-state index is -0.193. The van der Waals surface area contributed by atoms with Crippen LogP contribution < -0.4 is 10.6 Å². The fraction of sp³-hybridized carbons (Fsp3) is 0.556. The molecule has 0 saturated carbocycles. The minimum absolute atomic E-state index is 0.00204. The Hall–Kier alpha value is -1.88. The number of carbonyl (C=O) groups is 2. The molecule has 1 aliphatic rings. The predicted octanol–water partition coefficient (Wildman–Crippen LogP) is 2.60. The Morgan fingerprint density at radius 1 is 1.26 bits per heavy atom. The standard InChI is InChI=1S/C18H26N2O3/c1-12(2)15-6-4-5-13(3)17(15)20-16(21)11-19-18(22)14-7-9-23-10-8-14/h4-6,12,14H,7-11H2,1-3H3,(H,19,22)(H,20,21). The lowest BCUT2D eigenvalue weighted by atomic mass is 9.98. The maximum absolute atomic E-state index is 12.2. The molecule has 0 aromatic heterocycles. The number of benzene rings is 1. The molecular weight excluding hydrogens is 292 g/mol. The van der Waals surface area contributed by atoms with Gasteiger partial charge in [-0.05, 0) is 36.8 Å². The van der Waals surface area contributed by atoms with Gasteiger partial charge in [0, 0.05) is 24.8 Å². The Kier molecular flexibility index (Phi) is 6.16. The van der Waals surface area contributed by atoms with Crippen LogP contribution in [0.2, 0.25) is 0 Å². The molecule has 2 rings (SSSR count). The minimum Gasteiger partial charge on any atom is -0.381 e.